The fraction of sp³-hybridized carbons (Fsp3) is 0.387. The Hall–Kier alpha value is -3.31. The number of hydrogen-bond donors (Lipinski definition) is 4. The minimum atomic E-state index is -0.655. The lowest BCUT2D eigenvalue weighted by Gasteiger charge is -2.31. The van der Waals surface area contributed by atoms with E-state index in [2.05, 4.69) is 54.0 Å². The minimum Gasteiger partial charge on any atom is -0.508 e. The summed E-state index contributed by atoms with van der Waals surface area (Å²) in [5, 5.41) is 16.7. The van der Waals surface area contributed by atoms with Gasteiger partial charge >= 0.3 is 0 Å². The Kier molecular flexibility index (Phi) is 8.32. The number of hydrogen-bond acceptors (Lipinski definition) is 4. The van der Waals surface area contributed by atoms with Gasteiger partial charge in [-0.25, -0.2) is 0 Å². The van der Waals surface area contributed by atoms with Crippen LogP contribution in [0, 0.1) is 13.8 Å². The number of phenolic OH excluding ortho intramolecular Hbond substituents is 1. The van der Waals surface area contributed by atoms with Crippen LogP contribution in [0.2, 0.25) is 0 Å². The zero-order valence-corrected chi connectivity index (χ0v) is 21.7. The van der Waals surface area contributed by atoms with Crippen LogP contribution in [0.15, 0.2) is 54.6 Å². The Labute approximate surface area is 215 Å². The Morgan fingerprint density at radius 3 is 2.53 bits per heavy atom. The van der Waals surface area contributed by atoms with E-state index < -0.39 is 6.04 Å². The number of amides is 1. The number of nitrogens with one attached hydrogen (secondary N) is 2. The molecule has 0 aromatic heterocycles. The van der Waals surface area contributed by atoms with E-state index in [1.165, 1.54) is 27.9 Å². The molecule has 36 heavy (non-hydrogen) atoms. The van der Waals surface area contributed by atoms with Crippen molar-refractivity contribution in [1.29, 1.82) is 0 Å². The molecule has 1 heterocycles. The first-order valence-electron chi connectivity index (χ1n) is 13.1. The first-order chi connectivity index (χ1) is 17.4. The molecular weight excluding hydrogens is 446 g/mol. The van der Waals surface area contributed by atoms with E-state index in [1.54, 1.807) is 12.1 Å². The number of carbonyl (C=O) groups is 1. The van der Waals surface area contributed by atoms with E-state index in [-0.39, 0.29) is 17.7 Å². The number of carbonyl (C=O) groups excluding carboxylic acids is 1. The lowest BCUT2D eigenvalue weighted by Crippen LogP contribution is -2.45. The number of phenols is 1. The van der Waals surface area contributed by atoms with Crippen LogP contribution >= 0.6 is 0 Å². The number of benzene rings is 3. The summed E-state index contributed by atoms with van der Waals surface area (Å²) < 4.78 is 0. The highest BCUT2D eigenvalue weighted by atomic mass is 16.3. The maximum atomic E-state index is 13.2. The van der Waals surface area contributed by atoms with Gasteiger partial charge in [0.25, 0.3) is 0 Å². The Bertz CT molecular complexity index is 1180. The first kappa shape index (κ1) is 25.8. The predicted octanol–water partition coefficient (Wildman–Crippen LogP) is 5.49. The van der Waals surface area contributed by atoms with E-state index in [0.29, 0.717) is 6.42 Å². The number of aromatic hydroxyl groups is 1. The van der Waals surface area contributed by atoms with E-state index in [4.69, 9.17) is 5.73 Å². The van der Waals surface area contributed by atoms with Gasteiger partial charge in [0.2, 0.25) is 5.91 Å². The maximum absolute atomic E-state index is 13.2. The van der Waals surface area contributed by atoms with Crippen LogP contribution in [0.1, 0.15) is 71.2 Å². The molecular formula is C31H39N3O2. The quantitative estimate of drug-likeness (QED) is 0.323. The molecule has 190 valence electrons. The van der Waals surface area contributed by atoms with Crippen LogP contribution in [0.4, 0.5) is 5.69 Å². The zero-order valence-electron chi connectivity index (χ0n) is 21.7. The largest absolute Gasteiger partial charge is 0.508 e. The molecule has 0 saturated heterocycles. The third-order valence-corrected chi connectivity index (χ3v) is 7.23. The van der Waals surface area contributed by atoms with Gasteiger partial charge in [-0.15, -0.1) is 0 Å². The lowest BCUT2D eigenvalue weighted by molar-refractivity contribution is -0.123. The second kappa shape index (κ2) is 11.6. The normalized spacial score (nSPS) is 15.6. The molecule has 0 saturated carbocycles. The fourth-order valence-corrected chi connectivity index (χ4v) is 5.31. The van der Waals surface area contributed by atoms with Gasteiger partial charge in [0.1, 0.15) is 5.75 Å². The molecule has 0 radical (unpaired) electrons. The van der Waals surface area contributed by atoms with Crippen molar-refractivity contribution in [3.05, 3.63) is 93.5 Å². The molecule has 1 aliphatic heterocycles. The van der Waals surface area contributed by atoms with Gasteiger partial charge in [-0.3, -0.25) is 4.79 Å². The predicted molar refractivity (Wildman–Crippen MR) is 148 cm³/mol. The van der Waals surface area contributed by atoms with Gasteiger partial charge in [0, 0.05) is 12.2 Å². The standard InChI is InChI=1S/C31H39N3O2/c1-4-5-11-24-17-23(16-22-9-7-6-8-10-22)18-27-29(12-13-33-30(24)27)34-31(36)28(32)19-26-20(2)14-25(35)15-21(26)3/h6-10,14-15,17-18,28-29,33,35H,4-5,11-13,16,19,32H2,1-3H3,(H,34,36). The molecule has 4 rings (SSSR count). The third kappa shape index (κ3) is 6.08. The van der Waals surface area contributed by atoms with E-state index in [1.807, 2.05) is 19.9 Å². The summed E-state index contributed by atoms with van der Waals surface area (Å²) in [7, 11) is 0. The summed E-state index contributed by atoms with van der Waals surface area (Å²) in [4.78, 5) is 13.2. The van der Waals surface area contributed by atoms with Crippen LogP contribution < -0.4 is 16.4 Å². The van der Waals surface area contributed by atoms with Crippen molar-refractivity contribution in [1.82, 2.24) is 5.32 Å². The van der Waals surface area contributed by atoms with Crippen molar-refractivity contribution in [3.63, 3.8) is 0 Å². The van der Waals surface area contributed by atoms with Crippen LogP contribution in [0.25, 0.3) is 0 Å². The van der Waals surface area contributed by atoms with E-state index >= 15 is 0 Å². The molecule has 3 aromatic carbocycles. The Balaban J connectivity index is 1.57. The molecule has 0 fully saturated rings. The number of rotatable bonds is 9. The smallest absolute Gasteiger partial charge is 0.237 e. The number of aryl methyl sites for hydroxylation is 3. The topological polar surface area (TPSA) is 87.4 Å². The van der Waals surface area contributed by atoms with Gasteiger partial charge in [0.05, 0.1) is 12.1 Å². The average molecular weight is 486 g/mol. The summed E-state index contributed by atoms with van der Waals surface area (Å²) in [5.74, 6) is 0.103. The highest BCUT2D eigenvalue weighted by Crippen LogP contribution is 2.35. The Morgan fingerprint density at radius 2 is 1.83 bits per heavy atom. The number of fused-ring (bicyclic) bond motifs is 1. The van der Waals surface area contributed by atoms with Crippen molar-refractivity contribution in [2.75, 3.05) is 11.9 Å². The van der Waals surface area contributed by atoms with Gasteiger partial charge in [-0.1, -0.05) is 55.8 Å². The molecule has 1 amide bonds. The molecule has 0 spiro atoms. The summed E-state index contributed by atoms with van der Waals surface area (Å²) in [5.41, 5.74) is 15.6. The van der Waals surface area contributed by atoms with Gasteiger partial charge in [0.15, 0.2) is 0 Å². The van der Waals surface area contributed by atoms with Crippen LogP contribution in [0.5, 0.6) is 5.75 Å². The van der Waals surface area contributed by atoms with Crippen molar-refractivity contribution >= 4 is 11.6 Å². The van der Waals surface area contributed by atoms with Crippen molar-refractivity contribution in [2.24, 2.45) is 5.73 Å². The highest BCUT2D eigenvalue weighted by molar-refractivity contribution is 5.83. The molecule has 5 nitrogen and oxygen atoms in total. The van der Waals surface area contributed by atoms with Crippen LogP contribution in [-0.4, -0.2) is 23.6 Å². The molecule has 1 aliphatic rings. The monoisotopic (exact) mass is 485 g/mol. The van der Waals surface area contributed by atoms with Crippen LogP contribution in [0.3, 0.4) is 0 Å². The Morgan fingerprint density at radius 1 is 1.11 bits per heavy atom. The fourth-order valence-electron chi connectivity index (χ4n) is 5.31. The average Bonchev–Trinajstić information content (AvgIpc) is 2.85. The molecule has 0 aliphatic carbocycles. The second-order valence-electron chi connectivity index (χ2n) is 10.1. The summed E-state index contributed by atoms with van der Waals surface area (Å²) >= 11 is 0. The summed E-state index contributed by atoms with van der Waals surface area (Å²) in [6.45, 7) is 6.93. The van der Waals surface area contributed by atoms with Gasteiger partial charge in [-0.2, -0.15) is 0 Å². The number of nitrogens with two attached hydrogens (primary N) is 1. The molecule has 3 aromatic rings. The highest BCUT2D eigenvalue weighted by Gasteiger charge is 2.27. The second-order valence-corrected chi connectivity index (χ2v) is 10.1. The van der Waals surface area contributed by atoms with Crippen molar-refractivity contribution in [3.8, 4) is 5.75 Å². The molecule has 5 heteroatoms. The van der Waals surface area contributed by atoms with Crippen molar-refractivity contribution in [2.45, 2.75) is 71.4 Å². The number of unbranched alkanes of at least 4 members (excludes halogenated alkanes) is 1. The van der Waals surface area contributed by atoms with E-state index in [9.17, 15) is 9.90 Å². The molecule has 5 N–H and O–H groups in total. The summed E-state index contributed by atoms with van der Waals surface area (Å²) in [6.07, 6.45) is 5.43. The van der Waals surface area contributed by atoms with Gasteiger partial charge < -0.3 is 21.5 Å². The molecule has 2 atom stereocenters. The lowest BCUT2D eigenvalue weighted by atomic mass is 9.89. The SMILES string of the molecule is CCCCc1cc(Cc2ccccc2)cc2c1NCCC2NC(=O)C(N)Cc1c(C)cc(O)cc1C. The minimum absolute atomic E-state index is 0.0714. The van der Waals surface area contributed by atoms with Crippen molar-refractivity contribution < 1.29 is 9.90 Å². The third-order valence-electron chi connectivity index (χ3n) is 7.23. The summed E-state index contributed by atoms with van der Waals surface area (Å²) in [6, 6.07) is 17.8. The van der Waals surface area contributed by atoms with E-state index in [0.717, 1.165) is 55.3 Å². The molecule has 2 unspecified atom stereocenters. The number of anilines is 1. The molecule has 0 bridgehead atoms. The van der Waals surface area contributed by atoms with Gasteiger partial charge in [-0.05, 0) is 97.0 Å². The van der Waals surface area contributed by atoms with Crippen LogP contribution in [-0.2, 0) is 24.1 Å². The maximum Gasteiger partial charge on any atom is 0.237 e. The zero-order chi connectivity index (χ0) is 25.7. The first-order valence-corrected chi connectivity index (χ1v) is 13.1.